The lowest BCUT2D eigenvalue weighted by Gasteiger charge is -2.45. The van der Waals surface area contributed by atoms with Crippen LogP contribution in [0.2, 0.25) is 0 Å². The second-order valence-corrected chi connectivity index (χ2v) is 7.69. The summed E-state index contributed by atoms with van der Waals surface area (Å²) < 4.78 is 24.2. The molecule has 27 heavy (non-hydrogen) atoms. The molecule has 3 aliphatic heterocycles. The first-order chi connectivity index (χ1) is 13.1. The molecule has 7 rings (SSSR count). The number of hydrogen-bond acceptors (Lipinski definition) is 7. The van der Waals surface area contributed by atoms with Gasteiger partial charge in [0.2, 0.25) is 5.60 Å². The van der Waals surface area contributed by atoms with Gasteiger partial charge < -0.3 is 29.2 Å². The molecule has 2 saturated heterocycles. The molecule has 5 aliphatic rings. The van der Waals surface area contributed by atoms with E-state index in [0.29, 0.717) is 11.5 Å². The molecule has 1 saturated carbocycles. The van der Waals surface area contributed by atoms with E-state index in [-0.39, 0.29) is 0 Å². The number of ether oxygens (including phenoxy) is 4. The van der Waals surface area contributed by atoms with Crippen molar-refractivity contribution in [2.24, 2.45) is 0 Å². The van der Waals surface area contributed by atoms with E-state index in [2.05, 4.69) is 0 Å². The zero-order valence-electron chi connectivity index (χ0n) is 13.9. The Balaban J connectivity index is 1.50. The number of aliphatic hydroxyl groups excluding tert-OH is 2. The molecule has 136 valence electrons. The summed E-state index contributed by atoms with van der Waals surface area (Å²) in [5.74, 6) is -0.916. The molecule has 2 aromatic rings. The van der Waals surface area contributed by atoms with Gasteiger partial charge >= 0.3 is 5.79 Å². The highest BCUT2D eigenvalue weighted by molar-refractivity contribution is 6.05. The lowest BCUT2D eigenvalue weighted by Crippen LogP contribution is -2.73. The zero-order valence-corrected chi connectivity index (χ0v) is 13.9. The average molecular weight is 366 g/mol. The minimum atomic E-state index is -1.67. The Kier molecular flexibility index (Phi) is 2.17. The van der Waals surface area contributed by atoms with E-state index in [1.54, 1.807) is 12.1 Å². The van der Waals surface area contributed by atoms with Gasteiger partial charge in [-0.25, -0.2) is 0 Å². The average Bonchev–Trinajstić information content (AvgIpc) is 3.57. The third kappa shape index (κ3) is 1.28. The van der Waals surface area contributed by atoms with E-state index < -0.39 is 47.2 Å². The molecule has 7 nitrogen and oxygen atoms in total. The summed E-state index contributed by atoms with van der Waals surface area (Å²) in [6.45, 7) is 0. The fraction of sp³-hybridized carbons (Fsp3) is 0.350. The van der Waals surface area contributed by atoms with Gasteiger partial charge in [-0.1, -0.05) is 24.3 Å². The van der Waals surface area contributed by atoms with Gasteiger partial charge in [0, 0.05) is 0 Å². The summed E-state index contributed by atoms with van der Waals surface area (Å²) in [6.07, 6.45) is -1.05. The van der Waals surface area contributed by atoms with Crippen molar-refractivity contribution in [1.82, 2.24) is 0 Å². The second kappa shape index (κ2) is 4.02. The van der Waals surface area contributed by atoms with Crippen LogP contribution in [0, 0.1) is 0 Å². The number of epoxide rings is 2. The summed E-state index contributed by atoms with van der Waals surface area (Å²) >= 11 is 0. The van der Waals surface area contributed by atoms with E-state index >= 15 is 0 Å². The molecule has 2 N–H and O–H groups in total. The molecule has 7 heteroatoms. The maximum absolute atomic E-state index is 13.0. The zero-order chi connectivity index (χ0) is 18.2. The molecular formula is C20H14O7. The summed E-state index contributed by atoms with van der Waals surface area (Å²) in [5.41, 5.74) is -3.20. The smallest absolute Gasteiger partial charge is 0.320 e. The van der Waals surface area contributed by atoms with Crippen LogP contribution in [0.25, 0.3) is 10.8 Å². The largest absolute Gasteiger partial charge is 0.446 e. The van der Waals surface area contributed by atoms with Crippen LogP contribution in [0.1, 0.15) is 0 Å². The summed E-state index contributed by atoms with van der Waals surface area (Å²) in [7, 11) is 0. The molecule has 0 unspecified atom stereocenters. The monoisotopic (exact) mass is 366 g/mol. The minimum Gasteiger partial charge on any atom is -0.446 e. The molecule has 0 amide bonds. The van der Waals surface area contributed by atoms with Crippen LogP contribution in [0.3, 0.4) is 0 Å². The van der Waals surface area contributed by atoms with Gasteiger partial charge in [-0.2, -0.15) is 0 Å². The lowest BCUT2D eigenvalue weighted by molar-refractivity contribution is -0.191. The standard InChI is InChI=1S/C20H14O7/c21-12-7-8-13(22)19-18(12,27-19)16(23)15-17(24-15)20(19)25-10-5-1-3-9-4-2-6-11(26-20)14(9)10/h1-8,12,15-17,21,23H/t12-,15+,16-,17-,18-,19-/m0/s1. The fourth-order valence-corrected chi connectivity index (χ4v) is 5.30. The Morgan fingerprint density at radius 3 is 2.41 bits per heavy atom. The number of rotatable bonds is 0. The molecule has 0 radical (unpaired) electrons. The SMILES string of the molecule is O=C1C=C[C@H](O)[C@@]23O[C@@]12C1(Oc2cccc4cccc(c24)O1)[C@H]1O[C@@H]1[C@@H]3O. The van der Waals surface area contributed by atoms with Crippen LogP contribution < -0.4 is 9.47 Å². The van der Waals surface area contributed by atoms with Crippen molar-refractivity contribution >= 4 is 16.6 Å². The maximum atomic E-state index is 13.0. The second-order valence-electron chi connectivity index (χ2n) is 7.69. The Hall–Kier alpha value is -2.45. The first-order valence-corrected chi connectivity index (χ1v) is 8.89. The molecule has 0 bridgehead atoms. The van der Waals surface area contributed by atoms with Gasteiger partial charge in [0.15, 0.2) is 17.5 Å². The maximum Gasteiger partial charge on any atom is 0.320 e. The third-order valence-corrected chi connectivity index (χ3v) is 6.54. The van der Waals surface area contributed by atoms with Crippen LogP contribution in [0.4, 0.5) is 0 Å². The number of fused-ring (bicyclic) bond motifs is 2. The van der Waals surface area contributed by atoms with Crippen LogP contribution >= 0.6 is 0 Å². The van der Waals surface area contributed by atoms with E-state index in [1.165, 1.54) is 12.2 Å². The molecular weight excluding hydrogens is 352 g/mol. The van der Waals surface area contributed by atoms with Gasteiger partial charge in [-0.15, -0.1) is 0 Å². The third-order valence-electron chi connectivity index (χ3n) is 6.54. The van der Waals surface area contributed by atoms with Crippen molar-refractivity contribution in [3.63, 3.8) is 0 Å². The highest BCUT2D eigenvalue weighted by Gasteiger charge is 2.99. The molecule has 1 spiro atoms. The molecule has 6 atom stereocenters. The Morgan fingerprint density at radius 1 is 1.00 bits per heavy atom. The van der Waals surface area contributed by atoms with Gasteiger partial charge in [-0.05, 0) is 29.7 Å². The van der Waals surface area contributed by atoms with E-state index in [9.17, 15) is 15.0 Å². The number of benzene rings is 2. The number of ketones is 1. The number of hydrogen-bond donors (Lipinski definition) is 2. The Bertz CT molecular complexity index is 1050. The van der Waals surface area contributed by atoms with Crippen molar-refractivity contribution in [2.75, 3.05) is 0 Å². The number of carbonyl (C=O) groups excluding carboxylic acids is 1. The van der Waals surface area contributed by atoms with Gasteiger partial charge in [-0.3, -0.25) is 4.79 Å². The van der Waals surface area contributed by atoms with Crippen molar-refractivity contribution in [2.45, 2.75) is 41.4 Å². The fourth-order valence-electron chi connectivity index (χ4n) is 5.30. The van der Waals surface area contributed by atoms with Gasteiger partial charge in [0.1, 0.15) is 29.8 Å². The topological polar surface area (TPSA) is 101 Å². The molecule has 2 aromatic carbocycles. The van der Waals surface area contributed by atoms with Crippen LogP contribution in [0.15, 0.2) is 48.6 Å². The molecule has 3 fully saturated rings. The first kappa shape index (κ1) is 14.6. The summed E-state index contributed by atoms with van der Waals surface area (Å²) in [5, 5.41) is 23.1. The van der Waals surface area contributed by atoms with Crippen molar-refractivity contribution in [1.29, 1.82) is 0 Å². The van der Waals surface area contributed by atoms with Crippen molar-refractivity contribution < 1.29 is 34.0 Å². The van der Waals surface area contributed by atoms with E-state index in [4.69, 9.17) is 18.9 Å². The quantitative estimate of drug-likeness (QED) is 0.653. The first-order valence-electron chi connectivity index (χ1n) is 8.89. The number of carbonyl (C=O) groups is 1. The normalized spacial score (nSPS) is 44.0. The minimum absolute atomic E-state index is 0.410. The van der Waals surface area contributed by atoms with Crippen LogP contribution in [-0.4, -0.2) is 57.4 Å². The molecule has 2 aliphatic carbocycles. The van der Waals surface area contributed by atoms with E-state index in [1.807, 2.05) is 24.3 Å². The molecule has 3 heterocycles. The van der Waals surface area contributed by atoms with Crippen LogP contribution in [0.5, 0.6) is 11.5 Å². The lowest BCUT2D eigenvalue weighted by atomic mass is 9.66. The van der Waals surface area contributed by atoms with E-state index in [0.717, 1.165) is 10.8 Å². The van der Waals surface area contributed by atoms with Crippen molar-refractivity contribution in [3.05, 3.63) is 48.6 Å². The predicted molar refractivity (Wildman–Crippen MR) is 89.3 cm³/mol. The van der Waals surface area contributed by atoms with Gasteiger partial charge in [0.05, 0.1) is 5.39 Å². The Labute approximate surface area is 152 Å². The Morgan fingerprint density at radius 2 is 1.70 bits per heavy atom. The highest BCUT2D eigenvalue weighted by Crippen LogP contribution is 2.71. The summed E-state index contributed by atoms with van der Waals surface area (Å²) in [6, 6.07) is 11.2. The predicted octanol–water partition coefficient (Wildman–Crippen LogP) is 0.457. The molecule has 0 aromatic heterocycles. The number of aliphatic hydroxyl groups is 2. The van der Waals surface area contributed by atoms with Crippen LogP contribution in [-0.2, 0) is 14.3 Å². The highest BCUT2D eigenvalue weighted by atomic mass is 16.8. The van der Waals surface area contributed by atoms with Gasteiger partial charge in [0.25, 0.3) is 0 Å². The summed E-state index contributed by atoms with van der Waals surface area (Å²) in [4.78, 5) is 13.0. The van der Waals surface area contributed by atoms with Crippen molar-refractivity contribution in [3.8, 4) is 11.5 Å².